The molecular weight excluding hydrogens is 615 g/mol. The zero-order valence-corrected chi connectivity index (χ0v) is 28.3. The van der Waals surface area contributed by atoms with Crippen molar-refractivity contribution in [3.05, 3.63) is 48.5 Å². The van der Waals surface area contributed by atoms with E-state index in [2.05, 4.69) is 59.6 Å². The first-order chi connectivity index (χ1) is 22.9. The fourth-order valence-corrected chi connectivity index (χ4v) is 6.93. The summed E-state index contributed by atoms with van der Waals surface area (Å²) in [6, 6.07) is 8.45. The number of rotatable bonds is 9. The molecule has 2 fully saturated rings. The number of pyridine rings is 1. The van der Waals surface area contributed by atoms with Gasteiger partial charge in [0.15, 0.2) is 11.4 Å². The Morgan fingerprint density at radius 3 is 2.49 bits per heavy atom. The predicted octanol–water partition coefficient (Wildman–Crippen LogP) is 5.30. The average Bonchev–Trinajstić information content (AvgIpc) is 3.58. The van der Waals surface area contributed by atoms with Crippen LogP contribution < -0.4 is 24.6 Å². The summed E-state index contributed by atoms with van der Waals surface area (Å²) < 4.78 is 13.7. The molecule has 2 aliphatic heterocycles. The van der Waals surface area contributed by atoms with Crippen molar-refractivity contribution in [3.63, 3.8) is 0 Å². The maximum atomic E-state index is 5.83. The molecule has 2 N–H and O–H groups in total. The lowest BCUT2D eigenvalue weighted by molar-refractivity contribution is 0.0981. The highest BCUT2D eigenvalue weighted by molar-refractivity contribution is 7.99. The van der Waals surface area contributed by atoms with Gasteiger partial charge in [0.05, 0.1) is 30.3 Å². The summed E-state index contributed by atoms with van der Waals surface area (Å²) in [5, 5.41) is 6.87. The number of benzene rings is 1. The summed E-state index contributed by atoms with van der Waals surface area (Å²) in [6.07, 6.45) is 9.30. The Balaban J connectivity index is 1.14. The Bertz CT molecular complexity index is 1870. The van der Waals surface area contributed by atoms with Crippen molar-refractivity contribution in [2.24, 2.45) is 0 Å². The van der Waals surface area contributed by atoms with Crippen molar-refractivity contribution in [1.82, 2.24) is 34.7 Å². The van der Waals surface area contributed by atoms with Gasteiger partial charge in [0.25, 0.3) is 0 Å². The quantitative estimate of drug-likeness (QED) is 0.200. The van der Waals surface area contributed by atoms with Crippen molar-refractivity contribution >= 4 is 68.7 Å². The van der Waals surface area contributed by atoms with Gasteiger partial charge < -0.3 is 33.9 Å². The Morgan fingerprint density at radius 1 is 0.936 bits per heavy atom. The molecule has 1 aromatic carbocycles. The number of piperazine rings is 1. The number of aromatic nitrogens is 5. The van der Waals surface area contributed by atoms with Gasteiger partial charge in [-0.1, -0.05) is 11.9 Å². The smallest absolute Gasteiger partial charge is 0.239 e. The number of nitrogens with one attached hydrogen (secondary N) is 2. The molecule has 5 aromatic rings. The molecule has 0 saturated carbocycles. The molecule has 47 heavy (non-hydrogen) atoms. The average molecular weight is 656 g/mol. The Morgan fingerprint density at radius 2 is 1.72 bits per heavy atom. The number of furan rings is 1. The zero-order valence-electron chi connectivity index (χ0n) is 27.5. The molecule has 0 aliphatic carbocycles. The lowest BCUT2D eigenvalue weighted by Crippen LogP contribution is -2.52. The zero-order chi connectivity index (χ0) is 32.5. The number of aryl methyl sites for hydroxylation is 1. The monoisotopic (exact) mass is 655 g/mol. The first-order valence-electron chi connectivity index (χ1n) is 16.0. The fourth-order valence-electron chi connectivity index (χ4n) is 6.57. The number of anilines is 6. The van der Waals surface area contributed by atoms with E-state index in [0.717, 1.165) is 85.9 Å². The van der Waals surface area contributed by atoms with E-state index in [1.165, 1.54) is 0 Å². The summed E-state index contributed by atoms with van der Waals surface area (Å²) >= 11 is 1.58. The lowest BCUT2D eigenvalue weighted by atomic mass is 10.0. The highest BCUT2D eigenvalue weighted by Gasteiger charge is 2.28. The van der Waals surface area contributed by atoms with Crippen LogP contribution >= 0.6 is 11.9 Å². The van der Waals surface area contributed by atoms with E-state index in [-0.39, 0.29) is 0 Å². The number of likely N-dealkylation sites (N-methyl/N-ethyl adjacent to an activating group) is 1. The largest absolute Gasteiger partial charge is 0.479 e. The summed E-state index contributed by atoms with van der Waals surface area (Å²) in [7, 11) is 5.85. The van der Waals surface area contributed by atoms with Crippen LogP contribution in [-0.2, 0) is 0 Å². The first-order valence-corrected chi connectivity index (χ1v) is 17.1. The molecule has 2 aliphatic rings. The van der Waals surface area contributed by atoms with Crippen molar-refractivity contribution < 1.29 is 9.15 Å². The third-order valence-corrected chi connectivity index (χ3v) is 9.90. The number of fused-ring (bicyclic) bond motifs is 2. The van der Waals surface area contributed by atoms with Crippen LogP contribution in [0.4, 0.5) is 34.6 Å². The van der Waals surface area contributed by atoms with Crippen molar-refractivity contribution in [2.45, 2.75) is 25.8 Å². The van der Waals surface area contributed by atoms with Crippen LogP contribution in [0.25, 0.3) is 22.1 Å². The molecule has 13 nitrogen and oxygen atoms in total. The minimum Gasteiger partial charge on any atom is -0.479 e. The number of ether oxygens (including phenoxy) is 1. The molecule has 0 radical (unpaired) electrons. The molecule has 0 bridgehead atoms. The highest BCUT2D eigenvalue weighted by Crippen LogP contribution is 2.38. The molecule has 0 unspecified atom stereocenters. The van der Waals surface area contributed by atoms with E-state index in [0.29, 0.717) is 40.5 Å². The van der Waals surface area contributed by atoms with Gasteiger partial charge >= 0.3 is 0 Å². The van der Waals surface area contributed by atoms with Crippen molar-refractivity contribution in [1.29, 1.82) is 0 Å². The van der Waals surface area contributed by atoms with Gasteiger partial charge in [-0.15, -0.1) is 0 Å². The van der Waals surface area contributed by atoms with Gasteiger partial charge in [0.1, 0.15) is 22.5 Å². The number of methoxy groups -OCH3 is 1. The van der Waals surface area contributed by atoms with Crippen molar-refractivity contribution in [3.8, 4) is 5.88 Å². The van der Waals surface area contributed by atoms with E-state index in [9.17, 15) is 0 Å². The molecule has 0 atom stereocenters. The summed E-state index contributed by atoms with van der Waals surface area (Å²) in [5.41, 5.74) is 6.26. The number of hydrogen-bond donors (Lipinski definition) is 2. The van der Waals surface area contributed by atoms with Gasteiger partial charge in [-0.25, -0.2) is 4.98 Å². The highest BCUT2D eigenvalue weighted by atomic mass is 32.2. The second-order valence-electron chi connectivity index (χ2n) is 12.1. The Kier molecular flexibility index (Phi) is 8.88. The SMILES string of the molecule is COc1nc(N2CCC(N3CCN(C)CC3)CC2)c(C)cc1Nc1nc(Nc2ccc3nccnc3c2N(C)SC)c2occc2n1. The van der Waals surface area contributed by atoms with Gasteiger partial charge in [-0.3, -0.25) is 14.9 Å². The van der Waals surface area contributed by atoms with Gasteiger partial charge in [0, 0.05) is 77.1 Å². The van der Waals surface area contributed by atoms with Gasteiger partial charge in [-0.05, 0) is 50.6 Å². The van der Waals surface area contributed by atoms with Gasteiger partial charge in [0.2, 0.25) is 11.8 Å². The maximum absolute atomic E-state index is 5.83. The molecule has 0 amide bonds. The molecule has 246 valence electrons. The fraction of sp³-hybridized carbons (Fsp3) is 0.424. The minimum atomic E-state index is 0.391. The van der Waals surface area contributed by atoms with E-state index in [4.69, 9.17) is 24.1 Å². The standard InChI is InChI=1S/C33H41N11O2S/c1-21-20-26(32(45-4)40-31(21)44-13-8-22(9-14-44)43-17-15-41(2)16-18-43)38-33-37-25-10-19-46-29(25)30(39-33)36-24-7-6-23-27(35-12-11-34-23)28(24)42(3)47-5/h6-7,10-12,19-20,22H,8-9,13-18H2,1-5H3,(H2,36,37,38,39). The molecule has 6 heterocycles. The second kappa shape index (κ2) is 13.4. The van der Waals surface area contributed by atoms with Gasteiger partial charge in [-0.2, -0.15) is 9.97 Å². The molecule has 2 saturated heterocycles. The van der Waals surface area contributed by atoms with Crippen LogP contribution in [0, 0.1) is 6.92 Å². The van der Waals surface area contributed by atoms with E-state index >= 15 is 0 Å². The predicted molar refractivity (Wildman–Crippen MR) is 190 cm³/mol. The molecule has 14 heteroatoms. The maximum Gasteiger partial charge on any atom is 0.239 e. The molecule has 4 aromatic heterocycles. The van der Waals surface area contributed by atoms with E-state index in [1.54, 1.807) is 37.7 Å². The normalized spacial score (nSPS) is 16.6. The van der Waals surface area contributed by atoms with Crippen LogP contribution in [0.1, 0.15) is 18.4 Å². The van der Waals surface area contributed by atoms with Crippen LogP contribution in [0.3, 0.4) is 0 Å². The number of nitrogens with zero attached hydrogens (tertiary/aromatic N) is 9. The topological polar surface area (TPSA) is 124 Å². The first kappa shape index (κ1) is 31.2. The van der Waals surface area contributed by atoms with Crippen LogP contribution in [0.2, 0.25) is 0 Å². The molecule has 7 rings (SSSR count). The molecule has 0 spiro atoms. The van der Waals surface area contributed by atoms with Crippen LogP contribution in [0.15, 0.2) is 47.3 Å². The van der Waals surface area contributed by atoms with E-state index in [1.807, 2.05) is 31.5 Å². The second-order valence-corrected chi connectivity index (χ2v) is 13.0. The minimum absolute atomic E-state index is 0.391. The number of hydrogen-bond acceptors (Lipinski definition) is 14. The number of piperidine rings is 1. The summed E-state index contributed by atoms with van der Waals surface area (Å²) in [6.45, 7) is 8.66. The Labute approximate surface area is 278 Å². The molecular formula is C33H41N11O2S. The third-order valence-electron chi connectivity index (χ3n) is 9.17. The lowest BCUT2D eigenvalue weighted by Gasteiger charge is -2.42. The third kappa shape index (κ3) is 6.32. The van der Waals surface area contributed by atoms with Crippen molar-refractivity contribution in [2.75, 3.05) is 86.6 Å². The van der Waals surface area contributed by atoms with E-state index < -0.39 is 0 Å². The van der Waals surface area contributed by atoms with Crippen LogP contribution in [-0.4, -0.2) is 107 Å². The summed E-state index contributed by atoms with van der Waals surface area (Å²) in [5.74, 6) is 2.36. The summed E-state index contributed by atoms with van der Waals surface area (Å²) in [4.78, 5) is 31.2. The van der Waals surface area contributed by atoms with Crippen LogP contribution in [0.5, 0.6) is 5.88 Å². The Hall–Kier alpha value is -4.40.